The zero-order valence-corrected chi connectivity index (χ0v) is 9.43. The number of hydrogen-bond acceptors (Lipinski definition) is 6. The molecule has 0 bridgehead atoms. The molecule has 1 rings (SSSR count). The Hall–Kier alpha value is -1.69. The second-order valence-electron chi connectivity index (χ2n) is 3.28. The number of carbonyl (C=O) groups is 1. The molecule has 1 unspecified atom stereocenters. The first-order valence-corrected chi connectivity index (χ1v) is 5.09. The third-order valence-corrected chi connectivity index (χ3v) is 2.19. The lowest BCUT2D eigenvalue weighted by atomic mass is 10.2. The first-order chi connectivity index (χ1) is 7.71. The molecule has 6 heteroatoms. The van der Waals surface area contributed by atoms with Gasteiger partial charge in [0.2, 0.25) is 0 Å². The van der Waals surface area contributed by atoms with Gasteiger partial charge in [0.15, 0.2) is 5.69 Å². The lowest BCUT2D eigenvalue weighted by Gasteiger charge is -2.14. The predicted octanol–water partition coefficient (Wildman–Crippen LogP) is 0.412. The number of hydrogen-bond donors (Lipinski definition) is 2. The quantitative estimate of drug-likeness (QED) is 0.704. The van der Waals surface area contributed by atoms with Crippen molar-refractivity contribution in [3.8, 4) is 0 Å². The molecular weight excluding hydrogens is 208 g/mol. The highest BCUT2D eigenvalue weighted by atomic mass is 16.5. The zero-order valence-electron chi connectivity index (χ0n) is 9.43. The Balaban J connectivity index is 2.67. The zero-order chi connectivity index (χ0) is 12.0. The Morgan fingerprint density at radius 1 is 1.56 bits per heavy atom. The summed E-state index contributed by atoms with van der Waals surface area (Å²) < 4.78 is 4.52. The molecule has 1 aromatic heterocycles. The van der Waals surface area contributed by atoms with Crippen molar-refractivity contribution in [1.82, 2.24) is 10.2 Å². The Morgan fingerprint density at radius 3 is 2.75 bits per heavy atom. The van der Waals surface area contributed by atoms with Crippen molar-refractivity contribution in [3.63, 3.8) is 0 Å². The third kappa shape index (κ3) is 3.16. The van der Waals surface area contributed by atoms with Gasteiger partial charge in [-0.25, -0.2) is 4.79 Å². The van der Waals surface area contributed by atoms with Crippen LogP contribution >= 0.6 is 0 Å². The van der Waals surface area contributed by atoms with Crippen LogP contribution < -0.4 is 11.1 Å². The molecule has 1 heterocycles. The van der Waals surface area contributed by atoms with E-state index >= 15 is 0 Å². The number of aromatic nitrogens is 2. The number of ether oxygens (including phenoxy) is 1. The van der Waals surface area contributed by atoms with Gasteiger partial charge in [-0.3, -0.25) is 0 Å². The van der Waals surface area contributed by atoms with E-state index in [0.717, 1.165) is 6.42 Å². The van der Waals surface area contributed by atoms with E-state index in [0.29, 0.717) is 12.4 Å². The molecule has 0 saturated heterocycles. The molecule has 0 radical (unpaired) electrons. The number of carbonyl (C=O) groups excluding carboxylic acids is 1. The molecule has 0 amide bonds. The molecule has 0 aliphatic heterocycles. The maximum Gasteiger partial charge on any atom is 0.358 e. The summed E-state index contributed by atoms with van der Waals surface area (Å²) in [4.78, 5) is 11.1. The molecule has 16 heavy (non-hydrogen) atoms. The van der Waals surface area contributed by atoms with Crippen LogP contribution in [0.3, 0.4) is 0 Å². The molecule has 0 aliphatic carbocycles. The van der Waals surface area contributed by atoms with Gasteiger partial charge in [-0.2, -0.15) is 0 Å². The van der Waals surface area contributed by atoms with Crippen LogP contribution in [0.4, 0.5) is 5.82 Å². The first-order valence-electron chi connectivity index (χ1n) is 5.09. The van der Waals surface area contributed by atoms with Gasteiger partial charge in [0, 0.05) is 12.6 Å². The molecular formula is C10H16N4O2. The molecule has 0 aromatic carbocycles. The van der Waals surface area contributed by atoms with Gasteiger partial charge in [0.1, 0.15) is 5.82 Å². The molecule has 88 valence electrons. The summed E-state index contributed by atoms with van der Waals surface area (Å²) in [5, 5.41) is 10.7. The first kappa shape index (κ1) is 12.4. The second-order valence-corrected chi connectivity index (χ2v) is 3.28. The van der Waals surface area contributed by atoms with E-state index in [2.05, 4.69) is 20.3 Å². The Labute approximate surface area is 94.2 Å². The minimum absolute atomic E-state index is 0.165. The molecule has 0 aliphatic rings. The van der Waals surface area contributed by atoms with Crippen molar-refractivity contribution in [3.05, 3.63) is 17.8 Å². The molecule has 6 nitrogen and oxygen atoms in total. The van der Waals surface area contributed by atoms with Crippen LogP contribution in [0.1, 0.15) is 23.8 Å². The lowest BCUT2D eigenvalue weighted by Crippen LogP contribution is -2.28. The average Bonchev–Trinajstić information content (AvgIpc) is 2.35. The minimum atomic E-state index is -0.495. The van der Waals surface area contributed by atoms with E-state index in [9.17, 15) is 4.79 Å². The van der Waals surface area contributed by atoms with Gasteiger partial charge in [-0.15, -0.1) is 10.2 Å². The number of anilines is 1. The van der Waals surface area contributed by atoms with Gasteiger partial charge in [-0.05, 0) is 18.6 Å². The van der Waals surface area contributed by atoms with E-state index in [1.54, 1.807) is 12.1 Å². The molecule has 0 saturated carbocycles. The van der Waals surface area contributed by atoms with Gasteiger partial charge in [-0.1, -0.05) is 6.92 Å². The topological polar surface area (TPSA) is 90.1 Å². The van der Waals surface area contributed by atoms with Crippen molar-refractivity contribution >= 4 is 11.8 Å². The van der Waals surface area contributed by atoms with Crippen LogP contribution in [0.25, 0.3) is 0 Å². The van der Waals surface area contributed by atoms with E-state index in [-0.39, 0.29) is 11.7 Å². The second kappa shape index (κ2) is 6.02. The number of esters is 1. The molecule has 0 fully saturated rings. The third-order valence-electron chi connectivity index (χ3n) is 2.19. The largest absolute Gasteiger partial charge is 0.464 e. The van der Waals surface area contributed by atoms with E-state index in [1.807, 2.05) is 6.92 Å². The highest BCUT2D eigenvalue weighted by Gasteiger charge is 2.09. The fourth-order valence-electron chi connectivity index (χ4n) is 1.16. The number of nitrogens with two attached hydrogens (primary N) is 1. The summed E-state index contributed by atoms with van der Waals surface area (Å²) in [5.74, 6) is 0.106. The van der Waals surface area contributed by atoms with E-state index < -0.39 is 5.97 Å². The number of rotatable bonds is 5. The minimum Gasteiger partial charge on any atom is -0.464 e. The highest BCUT2D eigenvalue weighted by molar-refractivity contribution is 5.86. The standard InChI is InChI=1S/C10H16N4O2/c1-3-7(6-11)12-9-5-4-8(13-14-9)10(15)16-2/h4-5,7H,3,6,11H2,1-2H3,(H,12,14). The predicted molar refractivity (Wildman–Crippen MR) is 60.1 cm³/mol. The maximum atomic E-state index is 11.1. The van der Waals surface area contributed by atoms with Crippen LogP contribution in [0, 0.1) is 0 Å². The summed E-state index contributed by atoms with van der Waals surface area (Å²) in [6, 6.07) is 3.40. The SMILES string of the molecule is CCC(CN)Nc1ccc(C(=O)OC)nn1. The summed E-state index contributed by atoms with van der Waals surface area (Å²) in [6.07, 6.45) is 0.900. The molecule has 0 spiro atoms. The summed E-state index contributed by atoms with van der Waals surface area (Å²) >= 11 is 0. The van der Waals surface area contributed by atoms with Crippen LogP contribution in [0.2, 0.25) is 0 Å². The summed E-state index contributed by atoms with van der Waals surface area (Å²) in [7, 11) is 1.30. The highest BCUT2D eigenvalue weighted by Crippen LogP contribution is 2.05. The Bertz CT molecular complexity index is 335. The number of nitrogens with one attached hydrogen (secondary N) is 1. The van der Waals surface area contributed by atoms with Gasteiger partial charge < -0.3 is 15.8 Å². The van der Waals surface area contributed by atoms with Crippen molar-refractivity contribution in [2.24, 2.45) is 5.73 Å². The number of methoxy groups -OCH3 is 1. The van der Waals surface area contributed by atoms with Crippen molar-refractivity contribution in [2.45, 2.75) is 19.4 Å². The fraction of sp³-hybridized carbons (Fsp3) is 0.500. The molecule has 3 N–H and O–H groups in total. The summed E-state index contributed by atoms with van der Waals surface area (Å²) in [6.45, 7) is 2.55. The van der Waals surface area contributed by atoms with Gasteiger partial charge in [0.05, 0.1) is 7.11 Å². The van der Waals surface area contributed by atoms with Crippen molar-refractivity contribution in [1.29, 1.82) is 0 Å². The van der Waals surface area contributed by atoms with Gasteiger partial charge in [0.25, 0.3) is 0 Å². The Kier molecular flexibility index (Phi) is 4.65. The number of nitrogens with zero attached hydrogens (tertiary/aromatic N) is 2. The molecule has 1 atom stereocenters. The Morgan fingerprint density at radius 2 is 2.31 bits per heavy atom. The van der Waals surface area contributed by atoms with Crippen LogP contribution in [-0.4, -0.2) is 35.9 Å². The van der Waals surface area contributed by atoms with E-state index in [1.165, 1.54) is 7.11 Å². The van der Waals surface area contributed by atoms with Crippen LogP contribution in [-0.2, 0) is 4.74 Å². The maximum absolute atomic E-state index is 11.1. The van der Waals surface area contributed by atoms with Gasteiger partial charge >= 0.3 is 5.97 Å². The lowest BCUT2D eigenvalue weighted by molar-refractivity contribution is 0.0593. The molecule has 1 aromatic rings. The smallest absolute Gasteiger partial charge is 0.358 e. The fourth-order valence-corrected chi connectivity index (χ4v) is 1.16. The van der Waals surface area contributed by atoms with E-state index in [4.69, 9.17) is 5.73 Å². The normalized spacial score (nSPS) is 11.9. The monoisotopic (exact) mass is 224 g/mol. The van der Waals surface area contributed by atoms with Crippen LogP contribution in [0.5, 0.6) is 0 Å². The van der Waals surface area contributed by atoms with Crippen molar-refractivity contribution in [2.75, 3.05) is 19.0 Å². The average molecular weight is 224 g/mol. The summed E-state index contributed by atoms with van der Waals surface area (Å²) in [5.41, 5.74) is 5.73. The van der Waals surface area contributed by atoms with Crippen LogP contribution in [0.15, 0.2) is 12.1 Å². The van der Waals surface area contributed by atoms with Crippen molar-refractivity contribution < 1.29 is 9.53 Å².